The van der Waals surface area contributed by atoms with Crippen LogP contribution >= 0.6 is 0 Å². The number of hydrogen-bond acceptors (Lipinski definition) is 5. The maximum Gasteiger partial charge on any atom is 0.269 e. The van der Waals surface area contributed by atoms with Gasteiger partial charge in [-0.15, -0.1) is 0 Å². The Bertz CT molecular complexity index is 533. The summed E-state index contributed by atoms with van der Waals surface area (Å²) in [7, 11) is 0. The molecule has 1 amide bonds. The van der Waals surface area contributed by atoms with Gasteiger partial charge in [-0.2, -0.15) is 0 Å². The van der Waals surface area contributed by atoms with Crippen LogP contribution in [-0.2, 0) is 4.79 Å². The zero-order chi connectivity index (χ0) is 16.7. The van der Waals surface area contributed by atoms with Crippen LogP contribution in [0.15, 0.2) is 24.3 Å². The minimum atomic E-state index is -0.423. The highest BCUT2D eigenvalue weighted by Gasteiger charge is 2.29. The number of non-ortho nitro benzene ring substituents is 1. The van der Waals surface area contributed by atoms with Gasteiger partial charge in [-0.3, -0.25) is 19.8 Å². The third-order valence-corrected chi connectivity index (χ3v) is 4.01. The zero-order valence-electron chi connectivity index (χ0n) is 13.5. The number of nitrogens with zero attached hydrogens (tertiary/aromatic N) is 2. The van der Waals surface area contributed by atoms with Crippen LogP contribution in [0.5, 0.6) is 0 Å². The van der Waals surface area contributed by atoms with Gasteiger partial charge in [0.2, 0.25) is 5.91 Å². The average molecular weight is 320 g/mol. The highest BCUT2D eigenvalue weighted by molar-refractivity contribution is 5.82. The number of hydrogen-bond donors (Lipinski definition) is 2. The van der Waals surface area contributed by atoms with Crippen molar-refractivity contribution in [1.82, 2.24) is 10.2 Å². The second kappa shape index (κ2) is 8.47. The van der Waals surface area contributed by atoms with Gasteiger partial charge in [-0.1, -0.05) is 6.92 Å². The molecule has 0 bridgehead atoms. The van der Waals surface area contributed by atoms with E-state index in [0.717, 1.165) is 38.0 Å². The summed E-state index contributed by atoms with van der Waals surface area (Å²) < 4.78 is 0. The first kappa shape index (κ1) is 17.2. The topological polar surface area (TPSA) is 87.5 Å². The Morgan fingerprint density at radius 1 is 1.35 bits per heavy atom. The molecule has 7 nitrogen and oxygen atoms in total. The van der Waals surface area contributed by atoms with Gasteiger partial charge >= 0.3 is 0 Å². The number of benzene rings is 1. The fourth-order valence-electron chi connectivity index (χ4n) is 2.89. The van der Waals surface area contributed by atoms with E-state index in [-0.39, 0.29) is 17.6 Å². The van der Waals surface area contributed by atoms with Crippen LogP contribution < -0.4 is 10.6 Å². The molecule has 0 aromatic heterocycles. The van der Waals surface area contributed by atoms with E-state index in [2.05, 4.69) is 22.5 Å². The third kappa shape index (κ3) is 4.92. The third-order valence-electron chi connectivity index (χ3n) is 4.01. The molecule has 2 rings (SSSR count). The lowest BCUT2D eigenvalue weighted by Crippen LogP contribution is -2.44. The first-order valence-corrected chi connectivity index (χ1v) is 8.12. The molecule has 2 N–H and O–H groups in total. The summed E-state index contributed by atoms with van der Waals surface area (Å²) >= 11 is 0. The van der Waals surface area contributed by atoms with E-state index in [0.29, 0.717) is 13.1 Å². The standard InChI is InChI=1S/C16H24N4O3/c1-2-11-19-12-3-4-15(19)16(21)18-10-9-17-13-5-7-14(8-6-13)20(22)23/h5-8,15,17H,2-4,9-12H2,1H3,(H,18,21). The Balaban J connectivity index is 1.70. The summed E-state index contributed by atoms with van der Waals surface area (Å²) in [5.74, 6) is 0.0986. The molecular formula is C16H24N4O3. The first-order chi connectivity index (χ1) is 11.1. The highest BCUT2D eigenvalue weighted by Crippen LogP contribution is 2.17. The molecule has 23 heavy (non-hydrogen) atoms. The van der Waals surface area contributed by atoms with E-state index in [1.807, 2.05) is 0 Å². The monoisotopic (exact) mass is 320 g/mol. The van der Waals surface area contributed by atoms with Crippen molar-refractivity contribution in [3.63, 3.8) is 0 Å². The molecule has 1 atom stereocenters. The minimum Gasteiger partial charge on any atom is -0.383 e. The van der Waals surface area contributed by atoms with Crippen LogP contribution in [0.4, 0.5) is 11.4 Å². The van der Waals surface area contributed by atoms with Gasteiger partial charge in [0, 0.05) is 30.9 Å². The second-order valence-electron chi connectivity index (χ2n) is 5.72. The molecule has 1 saturated heterocycles. The lowest BCUT2D eigenvalue weighted by molar-refractivity contribution is -0.384. The van der Waals surface area contributed by atoms with Gasteiger partial charge in [0.05, 0.1) is 11.0 Å². The molecule has 0 aliphatic carbocycles. The Kier molecular flexibility index (Phi) is 6.34. The van der Waals surface area contributed by atoms with Crippen molar-refractivity contribution in [3.05, 3.63) is 34.4 Å². The Morgan fingerprint density at radius 2 is 2.09 bits per heavy atom. The smallest absolute Gasteiger partial charge is 0.269 e. The van der Waals surface area contributed by atoms with E-state index >= 15 is 0 Å². The van der Waals surface area contributed by atoms with Crippen LogP contribution in [0.2, 0.25) is 0 Å². The second-order valence-corrected chi connectivity index (χ2v) is 5.72. The Morgan fingerprint density at radius 3 is 2.74 bits per heavy atom. The van der Waals surface area contributed by atoms with E-state index in [1.165, 1.54) is 12.1 Å². The molecule has 1 heterocycles. The lowest BCUT2D eigenvalue weighted by Gasteiger charge is -2.23. The van der Waals surface area contributed by atoms with Gasteiger partial charge in [-0.25, -0.2) is 0 Å². The summed E-state index contributed by atoms with van der Waals surface area (Å²) in [6.07, 6.45) is 3.08. The summed E-state index contributed by atoms with van der Waals surface area (Å²) in [5.41, 5.74) is 0.874. The maximum absolute atomic E-state index is 12.2. The molecule has 1 aliphatic heterocycles. The number of likely N-dealkylation sites (tertiary alicyclic amines) is 1. The van der Waals surface area contributed by atoms with Crippen LogP contribution in [0.1, 0.15) is 26.2 Å². The predicted octanol–water partition coefficient (Wildman–Crippen LogP) is 2.00. The van der Waals surface area contributed by atoms with E-state index in [9.17, 15) is 14.9 Å². The Hall–Kier alpha value is -2.15. The van der Waals surface area contributed by atoms with Crippen molar-refractivity contribution >= 4 is 17.3 Å². The number of carbonyl (C=O) groups is 1. The number of anilines is 1. The fraction of sp³-hybridized carbons (Fsp3) is 0.562. The molecule has 1 fully saturated rings. The number of nitrogens with one attached hydrogen (secondary N) is 2. The largest absolute Gasteiger partial charge is 0.383 e. The molecule has 0 spiro atoms. The summed E-state index contributed by atoms with van der Waals surface area (Å²) in [6, 6.07) is 6.26. The van der Waals surface area contributed by atoms with Crippen LogP contribution in [0.3, 0.4) is 0 Å². The van der Waals surface area contributed by atoms with Crippen molar-refractivity contribution in [2.24, 2.45) is 0 Å². The van der Waals surface area contributed by atoms with Gasteiger partial charge in [0.15, 0.2) is 0 Å². The van der Waals surface area contributed by atoms with Crippen molar-refractivity contribution in [2.45, 2.75) is 32.2 Å². The van der Waals surface area contributed by atoms with Gasteiger partial charge < -0.3 is 10.6 Å². The molecule has 1 unspecified atom stereocenters. The normalized spacial score (nSPS) is 17.9. The molecule has 0 saturated carbocycles. The molecule has 7 heteroatoms. The minimum absolute atomic E-state index is 0.00863. The molecule has 0 radical (unpaired) electrons. The SMILES string of the molecule is CCCN1CCCC1C(=O)NCCNc1ccc([N+](=O)[O-])cc1. The Labute approximate surface area is 136 Å². The van der Waals surface area contributed by atoms with Crippen molar-refractivity contribution < 1.29 is 9.72 Å². The number of amides is 1. The van der Waals surface area contributed by atoms with E-state index < -0.39 is 4.92 Å². The number of nitro groups is 1. The zero-order valence-corrected chi connectivity index (χ0v) is 13.5. The molecule has 1 aliphatic rings. The van der Waals surface area contributed by atoms with Crippen LogP contribution in [-0.4, -0.2) is 48.0 Å². The number of nitro benzene ring substituents is 1. The van der Waals surface area contributed by atoms with E-state index in [4.69, 9.17) is 0 Å². The van der Waals surface area contributed by atoms with Crippen LogP contribution in [0.25, 0.3) is 0 Å². The quantitative estimate of drug-likeness (QED) is 0.434. The summed E-state index contributed by atoms with van der Waals surface area (Å²) in [4.78, 5) is 24.6. The average Bonchev–Trinajstić information content (AvgIpc) is 3.00. The highest BCUT2D eigenvalue weighted by atomic mass is 16.6. The van der Waals surface area contributed by atoms with Gasteiger partial charge in [0.25, 0.3) is 5.69 Å². The summed E-state index contributed by atoms with van der Waals surface area (Å²) in [6.45, 7) is 5.23. The van der Waals surface area contributed by atoms with E-state index in [1.54, 1.807) is 12.1 Å². The molecule has 1 aromatic rings. The van der Waals surface area contributed by atoms with Gasteiger partial charge in [-0.05, 0) is 44.5 Å². The summed E-state index contributed by atoms with van der Waals surface area (Å²) in [5, 5.41) is 16.7. The van der Waals surface area contributed by atoms with Crippen molar-refractivity contribution in [3.8, 4) is 0 Å². The molecule has 126 valence electrons. The van der Waals surface area contributed by atoms with Crippen LogP contribution in [0, 0.1) is 10.1 Å². The van der Waals surface area contributed by atoms with Crippen molar-refractivity contribution in [2.75, 3.05) is 31.5 Å². The fourth-order valence-corrected chi connectivity index (χ4v) is 2.89. The van der Waals surface area contributed by atoms with Crippen molar-refractivity contribution in [1.29, 1.82) is 0 Å². The molecule has 1 aromatic carbocycles. The first-order valence-electron chi connectivity index (χ1n) is 8.12. The molecular weight excluding hydrogens is 296 g/mol. The number of carbonyl (C=O) groups excluding carboxylic acids is 1. The maximum atomic E-state index is 12.2. The number of rotatable bonds is 8. The lowest BCUT2D eigenvalue weighted by atomic mass is 10.2. The predicted molar refractivity (Wildman–Crippen MR) is 89.5 cm³/mol. The van der Waals surface area contributed by atoms with Gasteiger partial charge in [0.1, 0.15) is 0 Å².